The molecule has 3 aromatic rings. The summed E-state index contributed by atoms with van der Waals surface area (Å²) in [5, 5.41) is 0. The van der Waals surface area contributed by atoms with E-state index in [0.29, 0.717) is 22.3 Å². The number of hydrogen-bond donors (Lipinski definition) is 0. The van der Waals surface area contributed by atoms with Gasteiger partial charge in [0.25, 0.3) is 10.0 Å². The van der Waals surface area contributed by atoms with Gasteiger partial charge in [0.15, 0.2) is 0 Å². The summed E-state index contributed by atoms with van der Waals surface area (Å²) in [5.74, 6) is 0.317. The number of likely N-dealkylation sites (N-methyl/N-ethyl adjacent to an activating group) is 1. The Kier molecular flexibility index (Phi) is 7.14. The zero-order valence-electron chi connectivity index (χ0n) is 16.5. The van der Waals surface area contributed by atoms with E-state index in [1.54, 1.807) is 36.3 Å². The standard InChI is InChI=1S/C21H21ClN2O4S2/c1-23(30(26,27)21-13-12-19(22)29-21)15-20(25)24(14-16-6-4-3-5-7-16)17-8-10-18(28-2)11-9-17/h3-13H,14-15H2,1-2H3. The van der Waals surface area contributed by atoms with Crippen LogP contribution in [-0.4, -0.2) is 39.3 Å². The first-order valence-corrected chi connectivity index (χ1v) is 11.6. The van der Waals surface area contributed by atoms with Crippen LogP contribution in [-0.2, 0) is 21.4 Å². The van der Waals surface area contributed by atoms with E-state index in [0.717, 1.165) is 21.2 Å². The number of halogens is 1. The van der Waals surface area contributed by atoms with Crippen molar-refractivity contribution in [2.45, 2.75) is 10.8 Å². The van der Waals surface area contributed by atoms with E-state index in [2.05, 4.69) is 0 Å². The summed E-state index contributed by atoms with van der Waals surface area (Å²) in [5.41, 5.74) is 1.58. The SMILES string of the molecule is COc1ccc(N(Cc2ccccc2)C(=O)CN(C)S(=O)(=O)c2ccc(Cl)s2)cc1. The summed E-state index contributed by atoms with van der Waals surface area (Å²) in [4.78, 5) is 14.7. The van der Waals surface area contributed by atoms with Crippen LogP contribution in [0, 0.1) is 0 Å². The van der Waals surface area contributed by atoms with Crippen LogP contribution in [0.4, 0.5) is 5.69 Å². The second-order valence-electron chi connectivity index (χ2n) is 6.48. The molecule has 1 heterocycles. The molecule has 6 nitrogen and oxygen atoms in total. The molecule has 1 aromatic heterocycles. The summed E-state index contributed by atoms with van der Waals surface area (Å²) in [6, 6.07) is 19.5. The van der Waals surface area contributed by atoms with E-state index in [9.17, 15) is 13.2 Å². The number of sulfonamides is 1. The Bertz CT molecular complexity index is 1100. The average molecular weight is 465 g/mol. The Labute approximate surface area is 185 Å². The molecule has 0 saturated heterocycles. The zero-order valence-corrected chi connectivity index (χ0v) is 18.9. The molecule has 0 spiro atoms. The number of amides is 1. The first-order valence-electron chi connectivity index (χ1n) is 9.01. The van der Waals surface area contributed by atoms with Gasteiger partial charge in [0.2, 0.25) is 5.91 Å². The zero-order chi connectivity index (χ0) is 21.7. The number of carbonyl (C=O) groups excluding carboxylic acids is 1. The molecule has 9 heteroatoms. The number of anilines is 1. The highest BCUT2D eigenvalue weighted by Gasteiger charge is 2.27. The van der Waals surface area contributed by atoms with Gasteiger partial charge in [-0.3, -0.25) is 4.79 Å². The minimum absolute atomic E-state index is 0.0989. The van der Waals surface area contributed by atoms with E-state index in [4.69, 9.17) is 16.3 Å². The third kappa shape index (κ3) is 5.20. The number of rotatable bonds is 8. The van der Waals surface area contributed by atoms with Gasteiger partial charge in [-0.2, -0.15) is 4.31 Å². The fourth-order valence-electron chi connectivity index (χ4n) is 2.80. The van der Waals surface area contributed by atoms with E-state index in [1.165, 1.54) is 19.2 Å². The minimum Gasteiger partial charge on any atom is -0.497 e. The van der Waals surface area contributed by atoms with Gasteiger partial charge in [0, 0.05) is 12.7 Å². The molecule has 0 fully saturated rings. The molecule has 0 saturated carbocycles. The van der Waals surface area contributed by atoms with Gasteiger partial charge in [0.1, 0.15) is 9.96 Å². The molecule has 0 aliphatic rings. The Balaban J connectivity index is 1.85. The van der Waals surface area contributed by atoms with Gasteiger partial charge >= 0.3 is 0 Å². The van der Waals surface area contributed by atoms with Gasteiger partial charge in [-0.1, -0.05) is 41.9 Å². The molecule has 0 aliphatic heterocycles. The molecule has 0 radical (unpaired) electrons. The lowest BCUT2D eigenvalue weighted by atomic mass is 10.2. The highest BCUT2D eigenvalue weighted by atomic mass is 35.5. The molecule has 0 N–H and O–H groups in total. The summed E-state index contributed by atoms with van der Waals surface area (Å²) in [6.07, 6.45) is 0. The third-order valence-corrected chi connectivity index (χ3v) is 7.94. The molecule has 0 aliphatic carbocycles. The van der Waals surface area contributed by atoms with Crippen molar-refractivity contribution in [3.8, 4) is 5.75 Å². The normalized spacial score (nSPS) is 11.5. The molecule has 2 aromatic carbocycles. The minimum atomic E-state index is -3.81. The Hall–Kier alpha value is -2.39. The molecule has 30 heavy (non-hydrogen) atoms. The fraction of sp³-hybridized carbons (Fsp3) is 0.190. The van der Waals surface area contributed by atoms with Crippen LogP contribution < -0.4 is 9.64 Å². The number of benzene rings is 2. The molecule has 1 amide bonds. The predicted molar refractivity (Wildman–Crippen MR) is 120 cm³/mol. The first kappa shape index (κ1) is 22.3. The molecular formula is C21H21ClN2O4S2. The van der Waals surface area contributed by atoms with Gasteiger partial charge < -0.3 is 9.64 Å². The largest absolute Gasteiger partial charge is 0.497 e. The van der Waals surface area contributed by atoms with Crippen LogP contribution >= 0.6 is 22.9 Å². The maximum absolute atomic E-state index is 13.2. The second-order valence-corrected chi connectivity index (χ2v) is 10.5. The van der Waals surface area contributed by atoms with Crippen LogP contribution in [0.25, 0.3) is 0 Å². The number of hydrogen-bond acceptors (Lipinski definition) is 5. The second kappa shape index (κ2) is 9.61. The van der Waals surface area contributed by atoms with E-state index in [-0.39, 0.29) is 16.7 Å². The molecule has 0 bridgehead atoms. The van der Waals surface area contributed by atoms with Crippen LogP contribution in [0.15, 0.2) is 70.9 Å². The maximum atomic E-state index is 13.2. The molecule has 3 rings (SSSR count). The Morgan fingerprint density at radius 3 is 2.27 bits per heavy atom. The van der Waals surface area contributed by atoms with Crippen LogP contribution in [0.2, 0.25) is 4.34 Å². The predicted octanol–water partition coefficient (Wildman–Crippen LogP) is 4.26. The van der Waals surface area contributed by atoms with Crippen molar-refractivity contribution in [3.63, 3.8) is 0 Å². The monoisotopic (exact) mass is 464 g/mol. The summed E-state index contributed by atoms with van der Waals surface area (Å²) in [7, 11) is -0.860. The third-order valence-electron chi connectivity index (χ3n) is 4.44. The topological polar surface area (TPSA) is 66.9 Å². The van der Waals surface area contributed by atoms with Gasteiger partial charge in [0.05, 0.1) is 24.5 Å². The number of ether oxygens (including phenoxy) is 1. The van der Waals surface area contributed by atoms with Crippen molar-refractivity contribution in [1.82, 2.24) is 4.31 Å². The number of carbonyl (C=O) groups is 1. The highest BCUT2D eigenvalue weighted by Crippen LogP contribution is 2.28. The van der Waals surface area contributed by atoms with Crippen LogP contribution in [0.1, 0.15) is 5.56 Å². The van der Waals surface area contributed by atoms with E-state index in [1.807, 2.05) is 30.3 Å². The van der Waals surface area contributed by atoms with Crippen molar-refractivity contribution in [2.24, 2.45) is 0 Å². The van der Waals surface area contributed by atoms with Crippen molar-refractivity contribution in [2.75, 3.05) is 25.6 Å². The molecule has 0 atom stereocenters. The number of nitrogens with zero attached hydrogens (tertiary/aromatic N) is 2. The summed E-state index contributed by atoms with van der Waals surface area (Å²) in [6.45, 7) is 0.00142. The molecule has 158 valence electrons. The quantitative estimate of drug-likeness (QED) is 0.499. The van der Waals surface area contributed by atoms with Crippen molar-refractivity contribution < 1.29 is 17.9 Å². The maximum Gasteiger partial charge on any atom is 0.252 e. The van der Waals surface area contributed by atoms with Crippen LogP contribution in [0.5, 0.6) is 5.75 Å². The number of methoxy groups -OCH3 is 1. The van der Waals surface area contributed by atoms with Crippen molar-refractivity contribution in [1.29, 1.82) is 0 Å². The van der Waals surface area contributed by atoms with Crippen molar-refractivity contribution >= 4 is 44.6 Å². The first-order chi connectivity index (χ1) is 14.3. The number of thiophene rings is 1. The summed E-state index contributed by atoms with van der Waals surface area (Å²) >= 11 is 6.83. The fourth-order valence-corrected chi connectivity index (χ4v) is 5.62. The lowest BCUT2D eigenvalue weighted by Crippen LogP contribution is -2.40. The van der Waals surface area contributed by atoms with Gasteiger partial charge in [-0.15, -0.1) is 11.3 Å². The Morgan fingerprint density at radius 2 is 1.70 bits per heavy atom. The Morgan fingerprint density at radius 1 is 1.03 bits per heavy atom. The molecular weight excluding hydrogens is 444 g/mol. The highest BCUT2D eigenvalue weighted by molar-refractivity contribution is 7.91. The molecule has 0 unspecified atom stereocenters. The smallest absolute Gasteiger partial charge is 0.252 e. The van der Waals surface area contributed by atoms with Gasteiger partial charge in [-0.05, 0) is 42.0 Å². The van der Waals surface area contributed by atoms with E-state index >= 15 is 0 Å². The van der Waals surface area contributed by atoms with E-state index < -0.39 is 10.0 Å². The lowest BCUT2D eigenvalue weighted by molar-refractivity contribution is -0.118. The average Bonchev–Trinajstić information content (AvgIpc) is 3.20. The van der Waals surface area contributed by atoms with Crippen LogP contribution in [0.3, 0.4) is 0 Å². The lowest BCUT2D eigenvalue weighted by Gasteiger charge is -2.25. The summed E-state index contributed by atoms with van der Waals surface area (Å²) < 4.78 is 32.2. The van der Waals surface area contributed by atoms with Gasteiger partial charge in [-0.25, -0.2) is 8.42 Å². The van der Waals surface area contributed by atoms with Crippen molar-refractivity contribution in [3.05, 3.63) is 76.6 Å².